The van der Waals surface area contributed by atoms with Gasteiger partial charge in [-0.3, -0.25) is 0 Å². The van der Waals surface area contributed by atoms with Crippen molar-refractivity contribution in [3.05, 3.63) is 0 Å². The van der Waals surface area contributed by atoms with E-state index in [2.05, 4.69) is 20.8 Å². The Labute approximate surface area is 66.4 Å². The Morgan fingerprint density at radius 1 is 1.40 bits per heavy atom. The first-order valence-corrected chi connectivity index (χ1v) is 5.17. The minimum Gasteiger partial charge on any atom is -0.362 e. The smallest absolute Gasteiger partial charge is 0.0477 e. The van der Waals surface area contributed by atoms with Gasteiger partial charge in [0.2, 0.25) is 0 Å². The van der Waals surface area contributed by atoms with Crippen molar-refractivity contribution in [1.29, 1.82) is 0 Å². The van der Waals surface area contributed by atoms with Gasteiger partial charge in [-0.15, -0.1) is 0 Å². The summed E-state index contributed by atoms with van der Waals surface area (Å²) in [6.07, 6.45) is 3.98. The highest BCUT2D eigenvalue weighted by molar-refractivity contribution is 7.33. The number of rotatable bonds is 6. The lowest BCUT2D eigenvalue weighted by molar-refractivity contribution is 0.383. The number of unbranched alkanes of at least 4 members (excludes halogenated alkanes) is 1. The zero-order valence-corrected chi connectivity index (χ0v) is 8.31. The lowest BCUT2D eigenvalue weighted by atomic mass is 10.2. The standard InChI is InChI=1S/C8H19OP/c1-4-6-7-8(3)10-9-5-2/h8,10H,4-7H2,1-3H3. The van der Waals surface area contributed by atoms with Crippen LogP contribution >= 0.6 is 8.81 Å². The molecule has 0 amide bonds. The van der Waals surface area contributed by atoms with E-state index in [1.54, 1.807) is 0 Å². The van der Waals surface area contributed by atoms with Crippen molar-refractivity contribution in [3.8, 4) is 0 Å². The molecule has 0 aliphatic rings. The molecule has 0 aliphatic carbocycles. The van der Waals surface area contributed by atoms with Crippen LogP contribution < -0.4 is 0 Å². The molecule has 1 nitrogen and oxygen atoms in total. The van der Waals surface area contributed by atoms with E-state index >= 15 is 0 Å². The van der Waals surface area contributed by atoms with Crippen LogP contribution in [0.3, 0.4) is 0 Å². The first kappa shape index (κ1) is 10.4. The quantitative estimate of drug-likeness (QED) is 0.545. The van der Waals surface area contributed by atoms with Crippen LogP contribution in [0.5, 0.6) is 0 Å². The summed E-state index contributed by atoms with van der Waals surface area (Å²) in [4.78, 5) is 0. The predicted molar refractivity (Wildman–Crippen MR) is 48.9 cm³/mol. The predicted octanol–water partition coefficient (Wildman–Crippen LogP) is 3.20. The Morgan fingerprint density at radius 2 is 2.10 bits per heavy atom. The fourth-order valence-electron chi connectivity index (χ4n) is 0.795. The zero-order chi connectivity index (χ0) is 7.82. The van der Waals surface area contributed by atoms with Crippen molar-refractivity contribution in [3.63, 3.8) is 0 Å². The normalized spacial score (nSPS) is 14.7. The minimum absolute atomic E-state index is 0.716. The lowest BCUT2D eigenvalue weighted by Crippen LogP contribution is -1.94. The molecule has 2 heteroatoms. The maximum atomic E-state index is 5.32. The van der Waals surface area contributed by atoms with Gasteiger partial charge in [0.15, 0.2) is 0 Å². The first-order valence-electron chi connectivity index (χ1n) is 4.18. The molecule has 0 saturated heterocycles. The van der Waals surface area contributed by atoms with Crippen LogP contribution in [-0.4, -0.2) is 12.3 Å². The highest BCUT2D eigenvalue weighted by Gasteiger charge is 1.99. The minimum atomic E-state index is 0.716. The monoisotopic (exact) mass is 162 g/mol. The second-order valence-corrected chi connectivity index (χ2v) is 4.10. The summed E-state index contributed by atoms with van der Waals surface area (Å²) in [6.45, 7) is 7.43. The van der Waals surface area contributed by atoms with Gasteiger partial charge in [0.25, 0.3) is 0 Å². The van der Waals surface area contributed by atoms with Gasteiger partial charge in [-0.1, -0.05) is 26.7 Å². The van der Waals surface area contributed by atoms with Crippen LogP contribution in [0.4, 0.5) is 0 Å². The van der Waals surface area contributed by atoms with Gasteiger partial charge in [-0.25, -0.2) is 0 Å². The molecule has 0 bridgehead atoms. The maximum Gasteiger partial charge on any atom is 0.0477 e. The van der Waals surface area contributed by atoms with E-state index in [1.807, 2.05) is 0 Å². The molecule has 2 atom stereocenters. The van der Waals surface area contributed by atoms with Crippen molar-refractivity contribution in [2.75, 3.05) is 6.61 Å². The van der Waals surface area contributed by atoms with Crippen LogP contribution in [0.2, 0.25) is 0 Å². The first-order chi connectivity index (χ1) is 4.81. The van der Waals surface area contributed by atoms with Gasteiger partial charge in [0.05, 0.1) is 0 Å². The third-order valence-corrected chi connectivity index (χ3v) is 2.57. The van der Waals surface area contributed by atoms with Crippen LogP contribution in [0.15, 0.2) is 0 Å². The molecular formula is C8H19OP. The molecule has 0 spiro atoms. The molecule has 2 unspecified atom stereocenters. The molecule has 0 aromatic rings. The third kappa shape index (κ3) is 6.51. The van der Waals surface area contributed by atoms with E-state index in [0.717, 1.165) is 12.3 Å². The average Bonchev–Trinajstić information content (AvgIpc) is 1.97. The summed E-state index contributed by atoms with van der Waals surface area (Å²) in [7, 11) is 0.716. The summed E-state index contributed by atoms with van der Waals surface area (Å²) in [5.41, 5.74) is 0.778. The molecule has 0 rings (SSSR count). The van der Waals surface area contributed by atoms with E-state index in [4.69, 9.17) is 4.52 Å². The van der Waals surface area contributed by atoms with E-state index < -0.39 is 0 Å². The van der Waals surface area contributed by atoms with E-state index in [9.17, 15) is 0 Å². The Bertz CT molecular complexity index is 58.3. The van der Waals surface area contributed by atoms with Crippen molar-refractivity contribution in [1.82, 2.24) is 0 Å². The Morgan fingerprint density at radius 3 is 2.60 bits per heavy atom. The summed E-state index contributed by atoms with van der Waals surface area (Å²) in [5.74, 6) is 0. The molecular weight excluding hydrogens is 143 g/mol. The van der Waals surface area contributed by atoms with Gasteiger partial charge in [-0.2, -0.15) is 0 Å². The molecule has 0 aromatic heterocycles. The average molecular weight is 162 g/mol. The molecule has 0 saturated carbocycles. The van der Waals surface area contributed by atoms with E-state index in [1.165, 1.54) is 19.3 Å². The molecule has 0 aromatic carbocycles. The fourth-order valence-corrected chi connectivity index (χ4v) is 1.57. The molecule has 62 valence electrons. The lowest BCUT2D eigenvalue weighted by Gasteiger charge is -2.08. The van der Waals surface area contributed by atoms with Crippen molar-refractivity contribution in [2.24, 2.45) is 0 Å². The van der Waals surface area contributed by atoms with Gasteiger partial charge in [-0.05, 0) is 19.0 Å². The Balaban J connectivity index is 3.00. The SMILES string of the molecule is CCCCC(C)POCC. The van der Waals surface area contributed by atoms with Crippen LogP contribution in [0, 0.1) is 0 Å². The summed E-state index contributed by atoms with van der Waals surface area (Å²) in [6, 6.07) is 0. The van der Waals surface area contributed by atoms with Crippen LogP contribution in [-0.2, 0) is 4.52 Å². The maximum absolute atomic E-state index is 5.32. The number of hydrogen-bond acceptors (Lipinski definition) is 1. The second kappa shape index (κ2) is 7.50. The number of hydrogen-bond donors (Lipinski definition) is 0. The third-order valence-electron chi connectivity index (χ3n) is 1.42. The van der Waals surface area contributed by atoms with Gasteiger partial charge < -0.3 is 4.52 Å². The highest BCUT2D eigenvalue weighted by Crippen LogP contribution is 2.23. The van der Waals surface area contributed by atoms with Crippen molar-refractivity contribution in [2.45, 2.75) is 45.7 Å². The zero-order valence-electron chi connectivity index (χ0n) is 7.31. The topological polar surface area (TPSA) is 9.23 Å². The Hall–Kier alpha value is 0.390. The largest absolute Gasteiger partial charge is 0.362 e. The Kier molecular flexibility index (Phi) is 7.79. The summed E-state index contributed by atoms with van der Waals surface area (Å²) in [5, 5.41) is 0. The second-order valence-electron chi connectivity index (χ2n) is 2.59. The summed E-state index contributed by atoms with van der Waals surface area (Å²) >= 11 is 0. The molecule has 0 heterocycles. The molecule has 0 fully saturated rings. The van der Waals surface area contributed by atoms with Gasteiger partial charge >= 0.3 is 0 Å². The van der Waals surface area contributed by atoms with Crippen LogP contribution in [0.25, 0.3) is 0 Å². The van der Waals surface area contributed by atoms with Crippen LogP contribution in [0.1, 0.15) is 40.0 Å². The van der Waals surface area contributed by atoms with Gasteiger partial charge in [0.1, 0.15) is 0 Å². The van der Waals surface area contributed by atoms with E-state index in [0.29, 0.717) is 8.81 Å². The molecule has 0 radical (unpaired) electrons. The molecule has 0 aliphatic heterocycles. The molecule has 0 N–H and O–H groups in total. The van der Waals surface area contributed by atoms with Gasteiger partial charge in [0, 0.05) is 15.4 Å². The van der Waals surface area contributed by atoms with Crippen molar-refractivity contribution >= 4 is 8.81 Å². The van der Waals surface area contributed by atoms with E-state index in [-0.39, 0.29) is 0 Å². The molecule has 10 heavy (non-hydrogen) atoms. The van der Waals surface area contributed by atoms with Crippen molar-refractivity contribution < 1.29 is 4.52 Å². The fraction of sp³-hybridized carbons (Fsp3) is 1.00. The highest BCUT2D eigenvalue weighted by atomic mass is 31.1. The summed E-state index contributed by atoms with van der Waals surface area (Å²) < 4.78 is 5.32.